The van der Waals surface area contributed by atoms with Crippen molar-refractivity contribution >= 4 is 5.97 Å². The minimum absolute atomic E-state index is 0.0302. The standard InChI is InChI=1S/C15H22O2/c1-9-5-4-7-15(3)8-6-11-10(2)14(16)17-13(11)12(9)15/h5,10-13H,4,6-8H2,1-3H3/t10-,11?,12?,13+,15-/m1/s1. The molecule has 94 valence electrons. The van der Waals surface area contributed by atoms with Crippen LogP contribution in [0.2, 0.25) is 0 Å². The Morgan fingerprint density at radius 2 is 2.18 bits per heavy atom. The third-order valence-corrected chi connectivity index (χ3v) is 5.49. The van der Waals surface area contributed by atoms with E-state index >= 15 is 0 Å². The second-order valence-corrected chi connectivity index (χ2v) is 6.51. The van der Waals surface area contributed by atoms with Crippen LogP contribution in [0.4, 0.5) is 0 Å². The molecule has 1 heterocycles. The smallest absolute Gasteiger partial charge is 0.309 e. The van der Waals surface area contributed by atoms with E-state index in [1.165, 1.54) is 24.8 Å². The molecular formula is C15H22O2. The van der Waals surface area contributed by atoms with Crippen LogP contribution < -0.4 is 0 Å². The highest BCUT2D eigenvalue weighted by Gasteiger charge is 2.55. The maximum atomic E-state index is 11.8. The van der Waals surface area contributed by atoms with Crippen molar-refractivity contribution in [3.63, 3.8) is 0 Å². The summed E-state index contributed by atoms with van der Waals surface area (Å²) in [6.07, 6.45) is 7.38. The van der Waals surface area contributed by atoms with Gasteiger partial charge < -0.3 is 4.74 Å². The molecule has 0 radical (unpaired) electrons. The van der Waals surface area contributed by atoms with E-state index < -0.39 is 0 Å². The molecule has 2 heteroatoms. The Hall–Kier alpha value is -0.790. The Balaban J connectivity index is 1.98. The molecule has 2 unspecified atom stereocenters. The lowest BCUT2D eigenvalue weighted by Crippen LogP contribution is -2.46. The molecule has 5 atom stereocenters. The zero-order valence-electron chi connectivity index (χ0n) is 11.0. The number of carbonyl (C=O) groups excluding carboxylic acids is 1. The van der Waals surface area contributed by atoms with Crippen LogP contribution in [0.3, 0.4) is 0 Å². The van der Waals surface area contributed by atoms with Crippen molar-refractivity contribution in [3.05, 3.63) is 11.6 Å². The molecule has 0 aromatic rings. The Labute approximate surface area is 103 Å². The number of carbonyl (C=O) groups is 1. The SMILES string of the molecule is CC1=CCC[C@]2(C)CCC3[C@H](OC(=O)[C@@H]3C)C12. The molecule has 0 bridgehead atoms. The lowest BCUT2D eigenvalue weighted by Gasteiger charge is -2.49. The number of rotatable bonds is 0. The summed E-state index contributed by atoms with van der Waals surface area (Å²) in [5.41, 5.74) is 1.82. The first kappa shape index (κ1) is 11.3. The van der Waals surface area contributed by atoms with E-state index in [4.69, 9.17) is 4.74 Å². The quantitative estimate of drug-likeness (QED) is 0.475. The fourth-order valence-electron chi connectivity index (χ4n) is 4.41. The minimum atomic E-state index is 0.0302. The van der Waals surface area contributed by atoms with Gasteiger partial charge >= 0.3 is 5.97 Å². The Kier molecular flexibility index (Phi) is 2.39. The van der Waals surface area contributed by atoms with E-state index in [0.29, 0.717) is 17.3 Å². The zero-order chi connectivity index (χ0) is 12.2. The van der Waals surface area contributed by atoms with Crippen molar-refractivity contribution in [3.8, 4) is 0 Å². The van der Waals surface area contributed by atoms with Crippen LogP contribution in [-0.4, -0.2) is 12.1 Å². The zero-order valence-corrected chi connectivity index (χ0v) is 11.0. The van der Waals surface area contributed by atoms with Gasteiger partial charge in [-0.15, -0.1) is 0 Å². The summed E-state index contributed by atoms with van der Waals surface area (Å²) in [6, 6.07) is 0. The molecule has 2 fully saturated rings. The summed E-state index contributed by atoms with van der Waals surface area (Å²) in [5, 5.41) is 0. The van der Waals surface area contributed by atoms with E-state index in [-0.39, 0.29) is 18.0 Å². The van der Waals surface area contributed by atoms with Gasteiger partial charge in [0, 0.05) is 11.8 Å². The van der Waals surface area contributed by atoms with Crippen LogP contribution in [0.15, 0.2) is 11.6 Å². The Bertz CT molecular complexity index is 384. The number of allylic oxidation sites excluding steroid dienone is 1. The number of hydrogen-bond donors (Lipinski definition) is 0. The normalized spacial score (nSPS) is 49.1. The van der Waals surface area contributed by atoms with Gasteiger partial charge in [-0.2, -0.15) is 0 Å². The van der Waals surface area contributed by atoms with Crippen LogP contribution in [0.5, 0.6) is 0 Å². The van der Waals surface area contributed by atoms with Gasteiger partial charge in [-0.05, 0) is 38.0 Å². The van der Waals surface area contributed by atoms with Crippen molar-refractivity contribution in [2.75, 3.05) is 0 Å². The molecule has 0 aromatic carbocycles. The molecule has 0 N–H and O–H groups in total. The highest BCUT2D eigenvalue weighted by Crippen LogP contribution is 2.56. The molecule has 2 nitrogen and oxygen atoms in total. The molecule has 0 aromatic heterocycles. The van der Waals surface area contributed by atoms with Gasteiger partial charge in [-0.3, -0.25) is 4.79 Å². The van der Waals surface area contributed by atoms with Gasteiger partial charge in [0.05, 0.1) is 5.92 Å². The second kappa shape index (κ2) is 3.60. The fourth-order valence-corrected chi connectivity index (χ4v) is 4.41. The Morgan fingerprint density at radius 3 is 2.94 bits per heavy atom. The minimum Gasteiger partial charge on any atom is -0.461 e. The van der Waals surface area contributed by atoms with Crippen molar-refractivity contribution in [1.82, 2.24) is 0 Å². The number of esters is 1. The second-order valence-electron chi connectivity index (χ2n) is 6.51. The molecule has 1 aliphatic heterocycles. The first-order chi connectivity index (χ1) is 8.03. The highest BCUT2D eigenvalue weighted by atomic mass is 16.6. The molecule has 17 heavy (non-hydrogen) atoms. The van der Waals surface area contributed by atoms with Crippen LogP contribution in [0.1, 0.15) is 46.5 Å². The van der Waals surface area contributed by atoms with Crippen molar-refractivity contribution in [2.45, 2.75) is 52.6 Å². The summed E-state index contributed by atoms with van der Waals surface area (Å²) >= 11 is 0. The average molecular weight is 234 g/mol. The van der Waals surface area contributed by atoms with Crippen LogP contribution in [0, 0.1) is 23.2 Å². The molecule has 3 rings (SSSR count). The van der Waals surface area contributed by atoms with Gasteiger partial charge in [0.15, 0.2) is 0 Å². The lowest BCUT2D eigenvalue weighted by atomic mass is 9.56. The van der Waals surface area contributed by atoms with Gasteiger partial charge in [0.1, 0.15) is 6.10 Å². The van der Waals surface area contributed by atoms with E-state index in [1.54, 1.807) is 0 Å². The van der Waals surface area contributed by atoms with Crippen molar-refractivity contribution in [2.24, 2.45) is 23.2 Å². The molecule has 0 spiro atoms. The Morgan fingerprint density at radius 1 is 1.41 bits per heavy atom. The third-order valence-electron chi connectivity index (χ3n) is 5.49. The van der Waals surface area contributed by atoms with Crippen LogP contribution in [-0.2, 0) is 9.53 Å². The highest BCUT2D eigenvalue weighted by molar-refractivity contribution is 5.75. The van der Waals surface area contributed by atoms with E-state index in [2.05, 4.69) is 19.9 Å². The van der Waals surface area contributed by atoms with E-state index in [9.17, 15) is 4.79 Å². The van der Waals surface area contributed by atoms with Gasteiger partial charge in [-0.1, -0.05) is 25.5 Å². The van der Waals surface area contributed by atoms with Gasteiger partial charge in [0.2, 0.25) is 0 Å². The summed E-state index contributed by atoms with van der Waals surface area (Å²) in [7, 11) is 0. The van der Waals surface area contributed by atoms with Crippen LogP contribution >= 0.6 is 0 Å². The predicted molar refractivity (Wildman–Crippen MR) is 66.4 cm³/mol. The molecule has 0 amide bonds. The first-order valence-corrected chi connectivity index (χ1v) is 6.90. The number of ether oxygens (including phenoxy) is 1. The molecule has 1 saturated heterocycles. The summed E-state index contributed by atoms with van der Waals surface area (Å²) in [5.74, 6) is 1.08. The predicted octanol–water partition coefficient (Wildman–Crippen LogP) is 3.32. The van der Waals surface area contributed by atoms with E-state index in [1.807, 2.05) is 6.92 Å². The van der Waals surface area contributed by atoms with Gasteiger partial charge in [-0.25, -0.2) is 0 Å². The lowest BCUT2D eigenvalue weighted by molar-refractivity contribution is -0.147. The summed E-state index contributed by atoms with van der Waals surface area (Å²) in [6.45, 7) is 6.65. The average Bonchev–Trinajstić information content (AvgIpc) is 2.54. The molecule has 2 aliphatic carbocycles. The third kappa shape index (κ3) is 1.49. The van der Waals surface area contributed by atoms with E-state index in [0.717, 1.165) is 6.42 Å². The summed E-state index contributed by atoms with van der Waals surface area (Å²) < 4.78 is 5.70. The topological polar surface area (TPSA) is 26.3 Å². The maximum absolute atomic E-state index is 11.8. The van der Waals surface area contributed by atoms with Crippen molar-refractivity contribution in [1.29, 1.82) is 0 Å². The summed E-state index contributed by atoms with van der Waals surface area (Å²) in [4.78, 5) is 11.8. The van der Waals surface area contributed by atoms with Crippen molar-refractivity contribution < 1.29 is 9.53 Å². The fraction of sp³-hybridized carbons (Fsp3) is 0.800. The number of hydrogen-bond acceptors (Lipinski definition) is 2. The number of fused-ring (bicyclic) bond motifs is 3. The monoisotopic (exact) mass is 234 g/mol. The van der Waals surface area contributed by atoms with Crippen LogP contribution in [0.25, 0.3) is 0 Å². The van der Waals surface area contributed by atoms with Gasteiger partial charge in [0.25, 0.3) is 0 Å². The molecule has 3 aliphatic rings. The first-order valence-electron chi connectivity index (χ1n) is 6.90. The molecule has 1 saturated carbocycles. The maximum Gasteiger partial charge on any atom is 0.309 e. The molecular weight excluding hydrogens is 212 g/mol. The largest absolute Gasteiger partial charge is 0.461 e.